The number of amides is 1. The van der Waals surface area contributed by atoms with Crippen LogP contribution >= 0.6 is 0 Å². The lowest BCUT2D eigenvalue weighted by atomic mass is 9.75. The summed E-state index contributed by atoms with van der Waals surface area (Å²) in [4.78, 5) is 12.4. The quantitative estimate of drug-likeness (QED) is 0.710. The van der Waals surface area contributed by atoms with Crippen LogP contribution < -0.4 is 10.6 Å². The van der Waals surface area contributed by atoms with Crippen LogP contribution in [0, 0.1) is 11.3 Å². The van der Waals surface area contributed by atoms with E-state index >= 15 is 0 Å². The maximum atomic E-state index is 12.4. The normalized spacial score (nSPS) is 30.2. The molecule has 3 nitrogen and oxygen atoms in total. The molecule has 0 bridgehead atoms. The molecule has 1 unspecified atom stereocenters. The SMILES string of the molecule is CC(C)C1(C(=O)NC2CC=CC2)CCNC1. The van der Waals surface area contributed by atoms with E-state index in [0.29, 0.717) is 12.0 Å². The first-order chi connectivity index (χ1) is 7.65. The molecule has 1 amide bonds. The van der Waals surface area contributed by atoms with Crippen molar-refractivity contribution in [2.24, 2.45) is 11.3 Å². The van der Waals surface area contributed by atoms with Crippen LogP contribution in [0.2, 0.25) is 0 Å². The average molecular weight is 222 g/mol. The molecule has 2 rings (SSSR count). The Morgan fingerprint density at radius 1 is 1.44 bits per heavy atom. The van der Waals surface area contributed by atoms with Crippen LogP contribution in [0.15, 0.2) is 12.2 Å². The fourth-order valence-corrected chi connectivity index (χ4v) is 2.72. The summed E-state index contributed by atoms with van der Waals surface area (Å²) < 4.78 is 0. The van der Waals surface area contributed by atoms with Gasteiger partial charge < -0.3 is 10.6 Å². The smallest absolute Gasteiger partial charge is 0.228 e. The Morgan fingerprint density at radius 2 is 2.12 bits per heavy atom. The molecular formula is C13H22N2O. The lowest BCUT2D eigenvalue weighted by molar-refractivity contribution is -0.133. The van der Waals surface area contributed by atoms with Gasteiger partial charge in [-0.05, 0) is 31.7 Å². The lowest BCUT2D eigenvalue weighted by Crippen LogP contribution is -2.48. The monoisotopic (exact) mass is 222 g/mol. The van der Waals surface area contributed by atoms with Crippen LogP contribution in [-0.4, -0.2) is 25.0 Å². The van der Waals surface area contributed by atoms with E-state index in [1.165, 1.54) is 0 Å². The van der Waals surface area contributed by atoms with Crippen LogP contribution in [0.1, 0.15) is 33.1 Å². The molecule has 1 aliphatic heterocycles. The molecule has 1 heterocycles. The molecule has 0 aromatic heterocycles. The van der Waals surface area contributed by atoms with Crippen molar-refractivity contribution in [2.75, 3.05) is 13.1 Å². The fraction of sp³-hybridized carbons (Fsp3) is 0.769. The largest absolute Gasteiger partial charge is 0.352 e. The van der Waals surface area contributed by atoms with E-state index in [4.69, 9.17) is 0 Å². The number of rotatable bonds is 3. The van der Waals surface area contributed by atoms with E-state index < -0.39 is 0 Å². The molecule has 0 aromatic rings. The predicted molar refractivity (Wildman–Crippen MR) is 65.1 cm³/mol. The van der Waals surface area contributed by atoms with Gasteiger partial charge in [0.15, 0.2) is 0 Å². The first-order valence-corrected chi connectivity index (χ1v) is 6.32. The van der Waals surface area contributed by atoms with Crippen molar-refractivity contribution in [3.05, 3.63) is 12.2 Å². The minimum atomic E-state index is -0.178. The van der Waals surface area contributed by atoms with Crippen molar-refractivity contribution in [1.29, 1.82) is 0 Å². The molecule has 1 atom stereocenters. The highest BCUT2D eigenvalue weighted by atomic mass is 16.2. The minimum Gasteiger partial charge on any atom is -0.352 e. The third-order valence-corrected chi connectivity index (χ3v) is 4.09. The highest BCUT2D eigenvalue weighted by Gasteiger charge is 2.44. The molecule has 1 saturated heterocycles. The van der Waals surface area contributed by atoms with Crippen molar-refractivity contribution in [3.8, 4) is 0 Å². The van der Waals surface area contributed by atoms with Crippen molar-refractivity contribution in [2.45, 2.75) is 39.2 Å². The summed E-state index contributed by atoms with van der Waals surface area (Å²) in [7, 11) is 0. The van der Waals surface area contributed by atoms with Gasteiger partial charge in [0.2, 0.25) is 5.91 Å². The van der Waals surface area contributed by atoms with Gasteiger partial charge in [0.05, 0.1) is 5.41 Å². The zero-order valence-corrected chi connectivity index (χ0v) is 10.3. The van der Waals surface area contributed by atoms with Crippen LogP contribution in [-0.2, 0) is 4.79 Å². The third-order valence-electron chi connectivity index (χ3n) is 4.09. The molecule has 0 saturated carbocycles. The van der Waals surface area contributed by atoms with E-state index in [2.05, 4.69) is 36.6 Å². The molecule has 0 spiro atoms. The van der Waals surface area contributed by atoms with Crippen LogP contribution in [0.4, 0.5) is 0 Å². The second kappa shape index (κ2) is 4.58. The van der Waals surface area contributed by atoms with Crippen LogP contribution in [0.5, 0.6) is 0 Å². The predicted octanol–water partition coefficient (Wildman–Crippen LogP) is 1.46. The molecule has 1 fully saturated rings. The Hall–Kier alpha value is -0.830. The van der Waals surface area contributed by atoms with Crippen LogP contribution in [0.25, 0.3) is 0 Å². The summed E-state index contributed by atoms with van der Waals surface area (Å²) in [6.07, 6.45) is 7.26. The van der Waals surface area contributed by atoms with Crippen molar-refractivity contribution in [3.63, 3.8) is 0 Å². The van der Waals surface area contributed by atoms with Crippen LogP contribution in [0.3, 0.4) is 0 Å². The third kappa shape index (κ3) is 2.01. The van der Waals surface area contributed by atoms with Gasteiger partial charge in [-0.1, -0.05) is 26.0 Å². The van der Waals surface area contributed by atoms with E-state index in [0.717, 1.165) is 32.4 Å². The van der Waals surface area contributed by atoms with Gasteiger partial charge in [0.1, 0.15) is 0 Å². The van der Waals surface area contributed by atoms with Gasteiger partial charge in [0.25, 0.3) is 0 Å². The molecule has 0 aromatic carbocycles. The molecule has 1 aliphatic carbocycles. The Labute approximate surface area is 97.7 Å². The van der Waals surface area contributed by atoms with Gasteiger partial charge in [-0.3, -0.25) is 4.79 Å². The number of carbonyl (C=O) groups excluding carboxylic acids is 1. The Morgan fingerprint density at radius 3 is 2.62 bits per heavy atom. The van der Waals surface area contributed by atoms with Gasteiger partial charge in [-0.2, -0.15) is 0 Å². The van der Waals surface area contributed by atoms with Gasteiger partial charge in [-0.25, -0.2) is 0 Å². The summed E-state index contributed by atoms with van der Waals surface area (Å²) in [5.41, 5.74) is -0.178. The Kier molecular flexibility index (Phi) is 3.33. The minimum absolute atomic E-state index is 0.178. The zero-order chi connectivity index (χ0) is 11.6. The summed E-state index contributed by atoms with van der Waals surface area (Å²) in [5.74, 6) is 0.651. The fourth-order valence-electron chi connectivity index (χ4n) is 2.72. The molecule has 2 aliphatic rings. The molecule has 2 N–H and O–H groups in total. The molecule has 90 valence electrons. The highest BCUT2D eigenvalue weighted by molar-refractivity contribution is 5.84. The van der Waals surface area contributed by atoms with Crippen molar-refractivity contribution in [1.82, 2.24) is 10.6 Å². The topological polar surface area (TPSA) is 41.1 Å². The van der Waals surface area contributed by atoms with Crippen molar-refractivity contribution < 1.29 is 4.79 Å². The second-order valence-electron chi connectivity index (χ2n) is 5.35. The van der Waals surface area contributed by atoms with E-state index in [1.54, 1.807) is 0 Å². The Bertz CT molecular complexity index is 282. The lowest BCUT2D eigenvalue weighted by Gasteiger charge is -2.32. The number of carbonyl (C=O) groups is 1. The maximum absolute atomic E-state index is 12.4. The summed E-state index contributed by atoms with van der Waals surface area (Å²) in [5, 5.41) is 6.53. The standard InChI is InChI=1S/C13H22N2O/c1-10(2)13(7-8-14-9-13)12(16)15-11-5-3-4-6-11/h3-4,10-11,14H,5-9H2,1-2H3,(H,15,16). The molecule has 0 radical (unpaired) electrons. The van der Waals surface area contributed by atoms with Crippen molar-refractivity contribution >= 4 is 5.91 Å². The summed E-state index contributed by atoms with van der Waals surface area (Å²) in [6, 6.07) is 0.337. The molecule has 3 heteroatoms. The van der Waals surface area contributed by atoms with E-state index in [9.17, 15) is 4.79 Å². The van der Waals surface area contributed by atoms with E-state index in [1.807, 2.05) is 0 Å². The van der Waals surface area contributed by atoms with Gasteiger partial charge >= 0.3 is 0 Å². The molecule has 16 heavy (non-hydrogen) atoms. The molecular weight excluding hydrogens is 200 g/mol. The summed E-state index contributed by atoms with van der Waals surface area (Å²) >= 11 is 0. The van der Waals surface area contributed by atoms with Gasteiger partial charge in [-0.15, -0.1) is 0 Å². The van der Waals surface area contributed by atoms with E-state index in [-0.39, 0.29) is 11.3 Å². The first-order valence-electron chi connectivity index (χ1n) is 6.32. The first kappa shape index (κ1) is 11.6. The highest BCUT2D eigenvalue weighted by Crippen LogP contribution is 2.34. The number of hydrogen-bond acceptors (Lipinski definition) is 2. The second-order valence-corrected chi connectivity index (χ2v) is 5.35. The zero-order valence-electron chi connectivity index (χ0n) is 10.3. The number of nitrogens with one attached hydrogen (secondary N) is 2. The maximum Gasteiger partial charge on any atom is 0.228 e. The average Bonchev–Trinajstić information content (AvgIpc) is 2.87. The number of hydrogen-bond donors (Lipinski definition) is 2. The Balaban J connectivity index is 2.00. The van der Waals surface area contributed by atoms with Gasteiger partial charge in [0, 0.05) is 12.6 Å². The summed E-state index contributed by atoms with van der Waals surface area (Å²) in [6.45, 7) is 6.10.